The predicted octanol–water partition coefficient (Wildman–Crippen LogP) is 4.40. The van der Waals surface area contributed by atoms with Gasteiger partial charge in [-0.25, -0.2) is 9.18 Å². The number of hydrogen-bond acceptors (Lipinski definition) is 2. The molecule has 0 atom stereocenters. The van der Waals surface area contributed by atoms with E-state index in [0.29, 0.717) is 30.5 Å². The number of allylic oxidation sites excluding steroid dienone is 2. The zero-order valence-electron chi connectivity index (χ0n) is 16.0. The van der Waals surface area contributed by atoms with Crippen molar-refractivity contribution in [3.63, 3.8) is 0 Å². The van der Waals surface area contributed by atoms with Crippen molar-refractivity contribution in [3.8, 4) is 0 Å². The zero-order valence-corrected chi connectivity index (χ0v) is 16.0. The molecule has 2 aromatic rings. The van der Waals surface area contributed by atoms with Crippen molar-refractivity contribution in [2.24, 2.45) is 0 Å². The molecule has 28 heavy (non-hydrogen) atoms. The molecule has 0 aromatic heterocycles. The topological polar surface area (TPSA) is 66.4 Å². The van der Waals surface area contributed by atoms with Gasteiger partial charge in [0.05, 0.1) is 0 Å². The number of hydrogen-bond donors (Lipinski definition) is 2. The normalized spacial score (nSPS) is 10.7. The molecule has 0 saturated carbocycles. The predicted molar refractivity (Wildman–Crippen MR) is 109 cm³/mol. The van der Waals surface area contributed by atoms with E-state index >= 15 is 0 Å². The number of carbonyl (C=O) groups excluding carboxylic acids is 1. The summed E-state index contributed by atoms with van der Waals surface area (Å²) in [6, 6.07) is 11.5. The Morgan fingerprint density at radius 2 is 1.79 bits per heavy atom. The van der Waals surface area contributed by atoms with Crippen LogP contribution in [0.2, 0.25) is 0 Å². The smallest absolute Gasteiger partial charge is 0.328 e. The van der Waals surface area contributed by atoms with Gasteiger partial charge in [0, 0.05) is 18.2 Å². The standard InChI is InChI=1S/C23H24FNO3/c1-16(2)3-4-18-13-19(7-10-22(26)27)15-20(14-18)23(28)25-12-11-17-5-8-21(24)9-6-17/h3,5-10,13-15H,4,11-12H2,1-2H3,(H,25,28)(H,26,27)/b10-7+. The largest absolute Gasteiger partial charge is 0.478 e. The molecule has 2 rings (SSSR count). The second-order valence-corrected chi connectivity index (χ2v) is 6.75. The van der Waals surface area contributed by atoms with Gasteiger partial charge in [-0.05, 0) is 73.7 Å². The number of carboxylic acids is 1. The third-order valence-electron chi connectivity index (χ3n) is 4.05. The van der Waals surface area contributed by atoms with Gasteiger partial charge in [0.15, 0.2) is 0 Å². The molecule has 2 N–H and O–H groups in total. The molecule has 0 heterocycles. The molecule has 146 valence electrons. The van der Waals surface area contributed by atoms with Crippen molar-refractivity contribution in [2.45, 2.75) is 26.7 Å². The maximum Gasteiger partial charge on any atom is 0.328 e. The summed E-state index contributed by atoms with van der Waals surface area (Å²) in [7, 11) is 0. The second-order valence-electron chi connectivity index (χ2n) is 6.75. The Hall–Kier alpha value is -3.21. The number of carboxylic acid groups (broad SMARTS) is 1. The van der Waals surface area contributed by atoms with Crippen LogP contribution in [0.25, 0.3) is 6.08 Å². The molecule has 0 aliphatic heterocycles. The fourth-order valence-electron chi connectivity index (χ4n) is 2.63. The van der Waals surface area contributed by atoms with Gasteiger partial charge in [-0.2, -0.15) is 0 Å². The van der Waals surface area contributed by atoms with Crippen molar-refractivity contribution in [1.29, 1.82) is 0 Å². The third kappa shape index (κ3) is 7.19. The molecule has 0 spiro atoms. The van der Waals surface area contributed by atoms with Crippen molar-refractivity contribution < 1.29 is 19.1 Å². The van der Waals surface area contributed by atoms with Gasteiger partial charge in [0.1, 0.15) is 5.82 Å². The summed E-state index contributed by atoms with van der Waals surface area (Å²) < 4.78 is 12.9. The number of aliphatic carboxylic acids is 1. The number of rotatable bonds is 8. The molecule has 0 fully saturated rings. The fraction of sp³-hybridized carbons (Fsp3) is 0.217. The number of carbonyl (C=O) groups is 2. The van der Waals surface area contributed by atoms with E-state index in [9.17, 15) is 14.0 Å². The van der Waals surface area contributed by atoms with Crippen LogP contribution in [0.3, 0.4) is 0 Å². The minimum Gasteiger partial charge on any atom is -0.478 e. The van der Waals surface area contributed by atoms with E-state index in [1.165, 1.54) is 18.2 Å². The average Bonchev–Trinajstić information content (AvgIpc) is 2.66. The van der Waals surface area contributed by atoms with Crippen molar-refractivity contribution in [3.05, 3.63) is 88.3 Å². The summed E-state index contributed by atoms with van der Waals surface area (Å²) in [5.74, 6) is -1.56. The van der Waals surface area contributed by atoms with Gasteiger partial charge < -0.3 is 10.4 Å². The van der Waals surface area contributed by atoms with Gasteiger partial charge in [-0.3, -0.25) is 4.79 Å². The van der Waals surface area contributed by atoms with E-state index < -0.39 is 5.97 Å². The first-order valence-corrected chi connectivity index (χ1v) is 9.04. The number of halogens is 1. The first-order valence-electron chi connectivity index (χ1n) is 9.04. The molecule has 5 heteroatoms. The Bertz CT molecular complexity index is 895. The highest BCUT2D eigenvalue weighted by Crippen LogP contribution is 2.14. The van der Waals surface area contributed by atoms with Crippen LogP contribution in [0.4, 0.5) is 4.39 Å². The first kappa shape index (κ1) is 21.1. The average molecular weight is 381 g/mol. The highest BCUT2D eigenvalue weighted by molar-refractivity contribution is 5.95. The Morgan fingerprint density at radius 3 is 2.43 bits per heavy atom. The Balaban J connectivity index is 2.11. The van der Waals surface area contributed by atoms with Crippen LogP contribution >= 0.6 is 0 Å². The van der Waals surface area contributed by atoms with Gasteiger partial charge in [0.2, 0.25) is 0 Å². The lowest BCUT2D eigenvalue weighted by atomic mass is 10.0. The SMILES string of the molecule is CC(C)=CCc1cc(/C=C/C(=O)O)cc(C(=O)NCCc2ccc(F)cc2)c1. The number of nitrogens with one attached hydrogen (secondary N) is 1. The van der Waals surface area contributed by atoms with E-state index in [0.717, 1.165) is 22.8 Å². The van der Waals surface area contributed by atoms with Crippen LogP contribution in [0, 0.1) is 5.82 Å². The molecule has 0 radical (unpaired) electrons. The van der Waals surface area contributed by atoms with Crippen LogP contribution in [0.1, 0.15) is 40.9 Å². The Kier molecular flexibility index (Phi) is 7.69. The third-order valence-corrected chi connectivity index (χ3v) is 4.05. The lowest BCUT2D eigenvalue weighted by molar-refractivity contribution is -0.131. The van der Waals surface area contributed by atoms with E-state index in [1.807, 2.05) is 26.0 Å². The van der Waals surface area contributed by atoms with Gasteiger partial charge in [-0.1, -0.05) is 29.8 Å². The second kappa shape index (κ2) is 10.2. The van der Waals surface area contributed by atoms with Crippen molar-refractivity contribution in [1.82, 2.24) is 5.32 Å². The molecule has 0 saturated heterocycles. The highest BCUT2D eigenvalue weighted by Gasteiger charge is 2.08. The minimum absolute atomic E-state index is 0.230. The fourth-order valence-corrected chi connectivity index (χ4v) is 2.63. The lowest BCUT2D eigenvalue weighted by Gasteiger charge is -2.09. The minimum atomic E-state index is -1.04. The lowest BCUT2D eigenvalue weighted by Crippen LogP contribution is -2.25. The Morgan fingerprint density at radius 1 is 1.07 bits per heavy atom. The number of benzene rings is 2. The molecule has 0 bridgehead atoms. The van der Waals surface area contributed by atoms with E-state index in [-0.39, 0.29) is 11.7 Å². The first-order chi connectivity index (χ1) is 13.3. The molecular weight excluding hydrogens is 357 g/mol. The van der Waals surface area contributed by atoms with Crippen molar-refractivity contribution in [2.75, 3.05) is 6.54 Å². The van der Waals surface area contributed by atoms with E-state index in [1.54, 1.807) is 18.2 Å². The summed E-state index contributed by atoms with van der Waals surface area (Å²) in [4.78, 5) is 23.3. The summed E-state index contributed by atoms with van der Waals surface area (Å²) in [5.41, 5.74) is 4.16. The van der Waals surface area contributed by atoms with Crippen LogP contribution in [-0.4, -0.2) is 23.5 Å². The molecule has 0 aliphatic carbocycles. The molecule has 0 aliphatic rings. The van der Waals surface area contributed by atoms with Gasteiger partial charge >= 0.3 is 5.97 Å². The van der Waals surface area contributed by atoms with Crippen LogP contribution in [-0.2, 0) is 17.6 Å². The van der Waals surface area contributed by atoms with E-state index in [2.05, 4.69) is 11.4 Å². The monoisotopic (exact) mass is 381 g/mol. The molecule has 1 amide bonds. The molecular formula is C23H24FNO3. The van der Waals surface area contributed by atoms with Crippen LogP contribution < -0.4 is 5.32 Å². The van der Waals surface area contributed by atoms with Crippen LogP contribution in [0.15, 0.2) is 60.2 Å². The summed E-state index contributed by atoms with van der Waals surface area (Å²) >= 11 is 0. The summed E-state index contributed by atoms with van der Waals surface area (Å²) in [6.07, 6.45) is 5.83. The van der Waals surface area contributed by atoms with Gasteiger partial charge in [-0.15, -0.1) is 0 Å². The highest BCUT2D eigenvalue weighted by atomic mass is 19.1. The van der Waals surface area contributed by atoms with E-state index in [4.69, 9.17) is 5.11 Å². The molecule has 4 nitrogen and oxygen atoms in total. The zero-order chi connectivity index (χ0) is 20.5. The summed E-state index contributed by atoms with van der Waals surface area (Å²) in [6.45, 7) is 4.41. The maximum absolute atomic E-state index is 12.9. The van der Waals surface area contributed by atoms with Gasteiger partial charge in [0.25, 0.3) is 5.91 Å². The summed E-state index contributed by atoms with van der Waals surface area (Å²) in [5, 5.41) is 11.7. The quantitative estimate of drug-likeness (QED) is 0.526. The Labute approximate surface area is 164 Å². The molecule has 2 aromatic carbocycles. The molecule has 0 unspecified atom stereocenters. The van der Waals surface area contributed by atoms with Crippen molar-refractivity contribution >= 4 is 18.0 Å². The van der Waals surface area contributed by atoms with Crippen LogP contribution in [0.5, 0.6) is 0 Å². The number of amides is 1. The maximum atomic E-state index is 12.9.